The van der Waals surface area contributed by atoms with E-state index < -0.39 is 0 Å². The molecule has 3 heterocycles. The number of H-pyrrole nitrogens is 1. The summed E-state index contributed by atoms with van der Waals surface area (Å²) in [6, 6.07) is 13.8. The molecule has 4 nitrogen and oxygen atoms in total. The lowest BCUT2D eigenvalue weighted by atomic mass is 10.0. The van der Waals surface area contributed by atoms with Gasteiger partial charge >= 0.3 is 0 Å². The zero-order valence-corrected chi connectivity index (χ0v) is 11.5. The molecule has 0 radical (unpaired) electrons. The van der Waals surface area contributed by atoms with Crippen LogP contribution in [0.1, 0.15) is 22.5 Å². The largest absolute Gasteiger partial charge is 0.349 e. The number of nitrogens with one attached hydrogen (secondary N) is 1. The van der Waals surface area contributed by atoms with Crippen LogP contribution in [-0.4, -0.2) is 22.4 Å². The molecular weight excluding hydrogens is 262 g/mol. The van der Waals surface area contributed by atoms with Gasteiger partial charge in [-0.3, -0.25) is 9.78 Å². The van der Waals surface area contributed by atoms with Crippen molar-refractivity contribution in [3.63, 3.8) is 0 Å². The van der Waals surface area contributed by atoms with E-state index in [0.717, 1.165) is 36.1 Å². The number of carbonyl (C=O) groups is 1. The van der Waals surface area contributed by atoms with Crippen molar-refractivity contribution in [2.45, 2.75) is 12.8 Å². The van der Waals surface area contributed by atoms with Crippen LogP contribution in [0.3, 0.4) is 0 Å². The van der Waals surface area contributed by atoms with Crippen molar-refractivity contribution in [3.05, 3.63) is 59.9 Å². The first-order valence-electron chi connectivity index (χ1n) is 7.16. The number of nitrogens with zero attached hydrogens (tertiary/aromatic N) is 2. The Morgan fingerprint density at radius 3 is 3.00 bits per heavy atom. The second-order valence-electron chi connectivity index (χ2n) is 5.31. The van der Waals surface area contributed by atoms with Crippen molar-refractivity contribution < 1.29 is 4.79 Å². The number of aromatic amines is 1. The van der Waals surface area contributed by atoms with E-state index in [2.05, 4.69) is 16.0 Å². The van der Waals surface area contributed by atoms with Crippen LogP contribution in [0, 0.1) is 0 Å². The van der Waals surface area contributed by atoms with E-state index in [4.69, 9.17) is 0 Å². The number of hydrogen-bond donors (Lipinski definition) is 1. The monoisotopic (exact) mass is 277 g/mol. The van der Waals surface area contributed by atoms with Crippen LogP contribution in [0.5, 0.6) is 0 Å². The molecule has 1 aromatic carbocycles. The first kappa shape index (κ1) is 12.1. The number of fused-ring (bicyclic) bond motifs is 2. The van der Waals surface area contributed by atoms with E-state index in [1.165, 1.54) is 5.56 Å². The second-order valence-corrected chi connectivity index (χ2v) is 5.31. The Morgan fingerprint density at radius 1 is 1.19 bits per heavy atom. The van der Waals surface area contributed by atoms with Gasteiger partial charge in [0.25, 0.3) is 5.91 Å². The zero-order valence-electron chi connectivity index (χ0n) is 11.5. The van der Waals surface area contributed by atoms with Gasteiger partial charge in [0.2, 0.25) is 0 Å². The van der Waals surface area contributed by atoms with Crippen LogP contribution in [-0.2, 0) is 6.42 Å². The molecule has 1 N–H and O–H groups in total. The van der Waals surface area contributed by atoms with Gasteiger partial charge in [0.15, 0.2) is 0 Å². The number of aryl methyl sites for hydroxylation is 1. The summed E-state index contributed by atoms with van der Waals surface area (Å²) >= 11 is 0. The number of amides is 1. The number of pyridine rings is 1. The molecule has 0 unspecified atom stereocenters. The van der Waals surface area contributed by atoms with Crippen LogP contribution in [0.25, 0.3) is 11.0 Å². The zero-order chi connectivity index (χ0) is 14.2. The van der Waals surface area contributed by atoms with E-state index in [0.29, 0.717) is 5.69 Å². The van der Waals surface area contributed by atoms with Gasteiger partial charge in [-0.05, 0) is 42.7 Å². The van der Waals surface area contributed by atoms with Crippen molar-refractivity contribution in [1.29, 1.82) is 0 Å². The fourth-order valence-electron chi connectivity index (χ4n) is 2.96. The average molecular weight is 277 g/mol. The summed E-state index contributed by atoms with van der Waals surface area (Å²) in [6.07, 6.45) is 3.77. The van der Waals surface area contributed by atoms with Crippen molar-refractivity contribution >= 4 is 22.6 Å². The summed E-state index contributed by atoms with van der Waals surface area (Å²) in [5.74, 6) is 0.0140. The van der Waals surface area contributed by atoms with Crippen LogP contribution in [0.2, 0.25) is 0 Å². The molecule has 104 valence electrons. The van der Waals surface area contributed by atoms with Gasteiger partial charge in [-0.2, -0.15) is 0 Å². The highest BCUT2D eigenvalue weighted by Crippen LogP contribution is 2.28. The normalized spacial score (nSPS) is 14.2. The maximum Gasteiger partial charge on any atom is 0.274 e. The van der Waals surface area contributed by atoms with Crippen LogP contribution < -0.4 is 4.90 Å². The van der Waals surface area contributed by atoms with Gasteiger partial charge in [-0.15, -0.1) is 0 Å². The highest BCUT2D eigenvalue weighted by molar-refractivity contribution is 6.07. The third-order valence-electron chi connectivity index (χ3n) is 3.97. The number of rotatable bonds is 1. The van der Waals surface area contributed by atoms with Crippen molar-refractivity contribution in [2.24, 2.45) is 0 Å². The third-order valence-corrected chi connectivity index (χ3v) is 3.97. The second kappa shape index (κ2) is 4.74. The maximum atomic E-state index is 12.8. The number of hydrogen-bond acceptors (Lipinski definition) is 2. The molecule has 4 heteroatoms. The molecule has 1 amide bonds. The van der Waals surface area contributed by atoms with Gasteiger partial charge in [-0.25, -0.2) is 0 Å². The van der Waals surface area contributed by atoms with E-state index in [9.17, 15) is 4.79 Å². The standard InChI is InChI=1S/C17H15N3O/c21-17(15-11-14-13(19-15)7-3-9-18-14)20-10-4-6-12-5-1-2-8-16(12)20/h1-3,5,7-9,11,19H,4,6,10H2. The molecule has 0 bridgehead atoms. The lowest BCUT2D eigenvalue weighted by molar-refractivity contribution is 0.0981. The molecule has 0 fully saturated rings. The third kappa shape index (κ3) is 2.00. The van der Waals surface area contributed by atoms with Crippen LogP contribution in [0.4, 0.5) is 5.69 Å². The van der Waals surface area contributed by atoms with E-state index in [-0.39, 0.29) is 5.91 Å². The van der Waals surface area contributed by atoms with Gasteiger partial charge in [0.1, 0.15) is 5.69 Å². The Kier molecular flexibility index (Phi) is 2.74. The highest BCUT2D eigenvalue weighted by atomic mass is 16.2. The molecule has 0 saturated carbocycles. The molecule has 2 aromatic heterocycles. The van der Waals surface area contributed by atoms with Gasteiger partial charge in [0, 0.05) is 18.4 Å². The Morgan fingerprint density at radius 2 is 2.10 bits per heavy atom. The molecule has 0 spiro atoms. The molecule has 0 saturated heterocycles. The number of benzene rings is 1. The summed E-state index contributed by atoms with van der Waals surface area (Å²) in [5, 5.41) is 0. The summed E-state index contributed by atoms with van der Waals surface area (Å²) in [5.41, 5.74) is 4.59. The number of aromatic nitrogens is 2. The number of para-hydroxylation sites is 1. The lowest BCUT2D eigenvalue weighted by Crippen LogP contribution is -2.35. The van der Waals surface area contributed by atoms with Gasteiger partial charge in [0.05, 0.1) is 11.0 Å². The minimum Gasteiger partial charge on any atom is -0.349 e. The topological polar surface area (TPSA) is 49.0 Å². The minimum atomic E-state index is 0.0140. The maximum absolute atomic E-state index is 12.8. The fourth-order valence-corrected chi connectivity index (χ4v) is 2.96. The SMILES string of the molecule is O=C(c1cc2ncccc2[nH]1)N1CCCc2ccccc21. The molecule has 1 aliphatic heterocycles. The number of carbonyl (C=O) groups excluding carboxylic acids is 1. The highest BCUT2D eigenvalue weighted by Gasteiger charge is 2.24. The summed E-state index contributed by atoms with van der Waals surface area (Å²) < 4.78 is 0. The smallest absolute Gasteiger partial charge is 0.274 e. The quantitative estimate of drug-likeness (QED) is 0.742. The van der Waals surface area contributed by atoms with Gasteiger partial charge < -0.3 is 9.88 Å². The van der Waals surface area contributed by atoms with Gasteiger partial charge in [-0.1, -0.05) is 18.2 Å². The predicted molar refractivity (Wildman–Crippen MR) is 82.5 cm³/mol. The Hall–Kier alpha value is -2.62. The molecule has 4 rings (SSSR count). The minimum absolute atomic E-state index is 0.0140. The lowest BCUT2D eigenvalue weighted by Gasteiger charge is -2.29. The van der Waals surface area contributed by atoms with Crippen LogP contribution in [0.15, 0.2) is 48.7 Å². The predicted octanol–water partition coefficient (Wildman–Crippen LogP) is 3.16. The van der Waals surface area contributed by atoms with Crippen molar-refractivity contribution in [1.82, 2.24) is 9.97 Å². The summed E-state index contributed by atoms with van der Waals surface area (Å²) in [4.78, 5) is 22.1. The molecule has 21 heavy (non-hydrogen) atoms. The summed E-state index contributed by atoms with van der Waals surface area (Å²) in [7, 11) is 0. The summed E-state index contributed by atoms with van der Waals surface area (Å²) in [6.45, 7) is 0.763. The molecule has 3 aromatic rings. The molecule has 1 aliphatic rings. The van der Waals surface area contributed by atoms with Crippen LogP contribution >= 0.6 is 0 Å². The van der Waals surface area contributed by atoms with Crippen molar-refractivity contribution in [2.75, 3.05) is 11.4 Å². The fraction of sp³-hybridized carbons (Fsp3) is 0.176. The first-order valence-corrected chi connectivity index (χ1v) is 7.16. The molecule has 0 aliphatic carbocycles. The Bertz CT molecular complexity index is 789. The molecule has 0 atom stereocenters. The Balaban J connectivity index is 1.75. The first-order chi connectivity index (χ1) is 10.3. The van der Waals surface area contributed by atoms with E-state index in [1.54, 1.807) is 6.20 Å². The Labute approximate surface area is 122 Å². The molecular formula is C17H15N3O. The van der Waals surface area contributed by atoms with Crippen molar-refractivity contribution in [3.8, 4) is 0 Å². The average Bonchev–Trinajstić information content (AvgIpc) is 2.97. The number of anilines is 1. The van der Waals surface area contributed by atoms with E-state index >= 15 is 0 Å². The van der Waals surface area contributed by atoms with E-state index in [1.807, 2.05) is 41.3 Å².